The van der Waals surface area contributed by atoms with E-state index in [1.807, 2.05) is 0 Å². The first-order valence-corrected chi connectivity index (χ1v) is 11.6. The number of benzene rings is 1. The molecular formula is C23H24N4O3S. The highest BCUT2D eigenvalue weighted by molar-refractivity contribution is 7.18. The normalized spacial score (nSPS) is 15.9. The highest BCUT2D eigenvalue weighted by Gasteiger charge is 2.24. The molecule has 2 amide bonds. The fourth-order valence-corrected chi connectivity index (χ4v) is 5.28. The minimum Gasteiger partial charge on any atom is -0.349 e. The zero-order chi connectivity index (χ0) is 21.4. The Bertz CT molecular complexity index is 1230. The van der Waals surface area contributed by atoms with Crippen LogP contribution < -0.4 is 16.2 Å². The van der Waals surface area contributed by atoms with Crippen molar-refractivity contribution in [1.82, 2.24) is 14.9 Å². The largest absolute Gasteiger partial charge is 0.349 e. The van der Waals surface area contributed by atoms with Crippen molar-refractivity contribution < 1.29 is 9.59 Å². The molecule has 0 radical (unpaired) electrons. The SMILES string of the molecule is O=C(Cn1cnc2sc3c(c2c1=O)CCCCC3)Nc1cccc(C(=O)NC2CC2)c1. The summed E-state index contributed by atoms with van der Waals surface area (Å²) in [5, 5.41) is 6.41. The van der Waals surface area contributed by atoms with E-state index in [9.17, 15) is 14.4 Å². The van der Waals surface area contributed by atoms with Gasteiger partial charge in [0.05, 0.1) is 11.7 Å². The fraction of sp³-hybridized carbons (Fsp3) is 0.391. The van der Waals surface area contributed by atoms with Crippen LogP contribution in [0.3, 0.4) is 0 Å². The highest BCUT2D eigenvalue weighted by atomic mass is 32.1. The Morgan fingerprint density at radius 1 is 1.16 bits per heavy atom. The number of aromatic nitrogens is 2. The van der Waals surface area contributed by atoms with E-state index in [0.717, 1.165) is 48.9 Å². The molecule has 2 aliphatic rings. The molecule has 3 aromatic rings. The lowest BCUT2D eigenvalue weighted by Gasteiger charge is -2.09. The van der Waals surface area contributed by atoms with Crippen LogP contribution in [0.5, 0.6) is 0 Å². The fourth-order valence-electron chi connectivity index (χ4n) is 4.06. The third kappa shape index (κ3) is 4.25. The molecular weight excluding hydrogens is 412 g/mol. The van der Waals surface area contributed by atoms with Crippen LogP contribution in [0.1, 0.15) is 52.9 Å². The van der Waals surface area contributed by atoms with Crippen molar-refractivity contribution in [2.75, 3.05) is 5.32 Å². The lowest BCUT2D eigenvalue weighted by Crippen LogP contribution is -2.28. The summed E-state index contributed by atoms with van der Waals surface area (Å²) in [6, 6.07) is 7.11. The molecule has 0 aliphatic heterocycles. The minimum atomic E-state index is -0.329. The Labute approximate surface area is 183 Å². The van der Waals surface area contributed by atoms with Crippen molar-refractivity contribution in [3.05, 3.63) is 57.0 Å². The summed E-state index contributed by atoms with van der Waals surface area (Å²) in [7, 11) is 0. The van der Waals surface area contributed by atoms with E-state index in [1.165, 1.54) is 22.2 Å². The van der Waals surface area contributed by atoms with Gasteiger partial charge in [0.1, 0.15) is 11.4 Å². The first kappa shape index (κ1) is 19.9. The molecule has 8 heteroatoms. The Hall–Kier alpha value is -3.00. The predicted octanol–water partition coefficient (Wildman–Crippen LogP) is 3.26. The summed E-state index contributed by atoms with van der Waals surface area (Å²) in [6.45, 7) is -0.120. The molecule has 5 rings (SSSR count). The van der Waals surface area contributed by atoms with Gasteiger partial charge in [0.25, 0.3) is 11.5 Å². The monoisotopic (exact) mass is 436 g/mol. The smallest absolute Gasteiger partial charge is 0.262 e. The number of thiophene rings is 1. The van der Waals surface area contributed by atoms with Crippen LogP contribution in [-0.4, -0.2) is 27.4 Å². The molecule has 2 N–H and O–H groups in total. The van der Waals surface area contributed by atoms with Gasteiger partial charge in [-0.25, -0.2) is 4.98 Å². The second-order valence-electron chi connectivity index (χ2n) is 8.30. The maximum absolute atomic E-state index is 13.1. The van der Waals surface area contributed by atoms with Crippen LogP contribution in [0.2, 0.25) is 0 Å². The van der Waals surface area contributed by atoms with Crippen LogP contribution in [0.25, 0.3) is 10.2 Å². The van der Waals surface area contributed by atoms with E-state index >= 15 is 0 Å². The molecule has 0 bridgehead atoms. The first-order chi connectivity index (χ1) is 15.1. The van der Waals surface area contributed by atoms with E-state index in [1.54, 1.807) is 35.6 Å². The molecule has 0 atom stereocenters. The van der Waals surface area contributed by atoms with Crippen LogP contribution in [0.4, 0.5) is 5.69 Å². The Kier molecular flexibility index (Phi) is 5.31. The van der Waals surface area contributed by atoms with E-state index in [-0.39, 0.29) is 30.0 Å². The summed E-state index contributed by atoms with van der Waals surface area (Å²) in [4.78, 5) is 44.5. The summed E-state index contributed by atoms with van der Waals surface area (Å²) in [5.41, 5.74) is 2.00. The van der Waals surface area contributed by atoms with Gasteiger partial charge in [-0.3, -0.25) is 19.0 Å². The minimum absolute atomic E-state index is 0.120. The van der Waals surface area contributed by atoms with Crippen molar-refractivity contribution in [2.45, 2.75) is 57.5 Å². The van der Waals surface area contributed by atoms with E-state index in [4.69, 9.17) is 0 Å². The summed E-state index contributed by atoms with van der Waals surface area (Å²) >= 11 is 1.61. The highest BCUT2D eigenvalue weighted by Crippen LogP contribution is 2.32. The lowest BCUT2D eigenvalue weighted by molar-refractivity contribution is -0.116. The van der Waals surface area contributed by atoms with Crippen LogP contribution in [0, 0.1) is 0 Å². The van der Waals surface area contributed by atoms with Crippen LogP contribution >= 0.6 is 11.3 Å². The maximum Gasteiger partial charge on any atom is 0.262 e. The predicted molar refractivity (Wildman–Crippen MR) is 121 cm³/mol. The maximum atomic E-state index is 13.1. The zero-order valence-electron chi connectivity index (χ0n) is 17.1. The number of carbonyl (C=O) groups excluding carboxylic acids is 2. The average Bonchev–Trinajstić information content (AvgIpc) is 3.54. The van der Waals surface area contributed by atoms with Crippen molar-refractivity contribution in [1.29, 1.82) is 0 Å². The number of nitrogens with zero attached hydrogens (tertiary/aromatic N) is 2. The van der Waals surface area contributed by atoms with Gasteiger partial charge >= 0.3 is 0 Å². The molecule has 2 aromatic heterocycles. The van der Waals surface area contributed by atoms with Gasteiger partial charge in [0.2, 0.25) is 5.91 Å². The molecule has 1 aromatic carbocycles. The third-order valence-electron chi connectivity index (χ3n) is 5.83. The zero-order valence-corrected chi connectivity index (χ0v) is 18.0. The molecule has 2 heterocycles. The molecule has 1 fully saturated rings. The molecule has 160 valence electrons. The third-order valence-corrected chi connectivity index (χ3v) is 7.03. The van der Waals surface area contributed by atoms with Crippen molar-refractivity contribution in [2.24, 2.45) is 0 Å². The molecule has 0 unspecified atom stereocenters. The van der Waals surface area contributed by atoms with E-state index in [0.29, 0.717) is 16.6 Å². The number of hydrogen-bond donors (Lipinski definition) is 2. The van der Waals surface area contributed by atoms with Gasteiger partial charge in [0, 0.05) is 22.2 Å². The van der Waals surface area contributed by atoms with E-state index < -0.39 is 0 Å². The van der Waals surface area contributed by atoms with Gasteiger partial charge < -0.3 is 10.6 Å². The Balaban J connectivity index is 1.33. The summed E-state index contributed by atoms with van der Waals surface area (Å²) in [6.07, 6.45) is 8.80. The van der Waals surface area contributed by atoms with Crippen molar-refractivity contribution in [3.8, 4) is 0 Å². The van der Waals surface area contributed by atoms with Crippen LogP contribution in [-0.2, 0) is 24.2 Å². The molecule has 2 aliphatic carbocycles. The number of rotatable bonds is 5. The van der Waals surface area contributed by atoms with Crippen molar-refractivity contribution in [3.63, 3.8) is 0 Å². The lowest BCUT2D eigenvalue weighted by atomic mass is 10.1. The number of aryl methyl sites for hydroxylation is 2. The van der Waals surface area contributed by atoms with Gasteiger partial charge in [-0.2, -0.15) is 0 Å². The second-order valence-corrected chi connectivity index (χ2v) is 9.38. The quantitative estimate of drug-likeness (QED) is 0.601. The van der Waals surface area contributed by atoms with Crippen molar-refractivity contribution >= 4 is 39.1 Å². The molecule has 31 heavy (non-hydrogen) atoms. The number of carbonyl (C=O) groups is 2. The summed E-state index contributed by atoms with van der Waals surface area (Å²) < 4.78 is 1.37. The van der Waals surface area contributed by atoms with Gasteiger partial charge in [0.15, 0.2) is 0 Å². The van der Waals surface area contributed by atoms with Gasteiger partial charge in [-0.05, 0) is 62.3 Å². The number of fused-ring (bicyclic) bond motifs is 3. The second kappa shape index (κ2) is 8.26. The van der Waals surface area contributed by atoms with E-state index in [2.05, 4.69) is 15.6 Å². The molecule has 0 spiro atoms. The van der Waals surface area contributed by atoms with Gasteiger partial charge in [-0.15, -0.1) is 11.3 Å². The summed E-state index contributed by atoms with van der Waals surface area (Å²) in [5.74, 6) is -0.466. The van der Waals surface area contributed by atoms with Gasteiger partial charge in [-0.1, -0.05) is 12.5 Å². The molecule has 1 saturated carbocycles. The topological polar surface area (TPSA) is 93.1 Å². The number of anilines is 1. The first-order valence-electron chi connectivity index (χ1n) is 10.8. The average molecular weight is 437 g/mol. The number of hydrogen-bond acceptors (Lipinski definition) is 5. The molecule has 7 nitrogen and oxygen atoms in total. The molecule has 0 saturated heterocycles. The standard InChI is InChI=1S/C23H24N4O3S/c28-19(25-16-6-4-5-14(11-16)21(29)26-15-9-10-15)12-27-13-24-22-20(23(27)30)17-7-2-1-3-8-18(17)31-22/h4-6,11,13,15H,1-3,7-10,12H2,(H,25,28)(H,26,29). The number of amides is 2. The Morgan fingerprint density at radius 2 is 2.00 bits per heavy atom. The number of nitrogens with one attached hydrogen (secondary N) is 2. The Morgan fingerprint density at radius 3 is 2.84 bits per heavy atom. The van der Waals surface area contributed by atoms with Crippen LogP contribution in [0.15, 0.2) is 35.4 Å².